The molecule has 3 heterocycles. The maximum absolute atomic E-state index is 5.50. The Morgan fingerprint density at radius 1 is 0.484 bits per heavy atom. The third kappa shape index (κ3) is 8.76. The van der Waals surface area contributed by atoms with E-state index in [0.717, 1.165) is 72.8 Å². The van der Waals surface area contributed by atoms with E-state index in [2.05, 4.69) is 197 Å². The molecule has 0 fully saturated rings. The predicted molar refractivity (Wildman–Crippen MR) is 249 cm³/mol. The fourth-order valence-electron chi connectivity index (χ4n) is 8.59. The summed E-state index contributed by atoms with van der Waals surface area (Å²) in [5, 5.41) is 0. The topological polar surface area (TPSA) is 38.7 Å². The van der Waals surface area contributed by atoms with Crippen molar-refractivity contribution in [3.63, 3.8) is 0 Å². The van der Waals surface area contributed by atoms with Gasteiger partial charge in [0.05, 0.1) is 0 Å². The quantitative estimate of drug-likeness (QED) is 0.115. The van der Waals surface area contributed by atoms with E-state index in [-0.39, 0.29) is 20.1 Å². The molecule has 9 aromatic rings. The Kier molecular flexibility index (Phi) is 12.6. The van der Waals surface area contributed by atoms with Crippen LogP contribution in [0.4, 0.5) is 0 Å². The first-order chi connectivity index (χ1) is 29.9. The molecule has 0 aliphatic carbocycles. The molecule has 62 heavy (non-hydrogen) atoms. The minimum Gasteiger partial charge on any atom is -0.301 e. The van der Waals surface area contributed by atoms with Crippen molar-refractivity contribution in [2.24, 2.45) is 0 Å². The molecule has 0 spiro atoms. The van der Waals surface area contributed by atoms with Crippen LogP contribution in [-0.2, 0) is 43.8 Å². The first-order valence-corrected chi connectivity index (χ1v) is 20.9. The Balaban J connectivity index is 0.00000529. The van der Waals surface area contributed by atoms with E-state index in [1.807, 2.05) is 42.7 Å². The summed E-state index contributed by atoms with van der Waals surface area (Å²) in [5.41, 5.74) is 15.2. The Labute approximate surface area is 380 Å². The van der Waals surface area contributed by atoms with Crippen molar-refractivity contribution >= 4 is 0 Å². The summed E-state index contributed by atoms with van der Waals surface area (Å²) in [5.74, 6) is 0. The van der Waals surface area contributed by atoms with Gasteiger partial charge in [-0.3, -0.25) is 9.97 Å². The number of hydrogen-bond acceptors (Lipinski definition) is 3. The van der Waals surface area contributed by atoms with Gasteiger partial charge in [0.15, 0.2) is 0 Å². The second-order valence-corrected chi connectivity index (χ2v) is 16.2. The van der Waals surface area contributed by atoms with Crippen molar-refractivity contribution in [2.75, 3.05) is 0 Å². The predicted octanol–water partition coefficient (Wildman–Crippen LogP) is 13.3. The molecule has 0 N–H and O–H groups in total. The van der Waals surface area contributed by atoms with Crippen molar-refractivity contribution in [3.8, 4) is 44.6 Å². The summed E-state index contributed by atoms with van der Waals surface area (Å²) in [6, 6.07) is 76.7. The molecule has 9 rings (SSSR count). The van der Waals surface area contributed by atoms with Gasteiger partial charge < -0.3 is 4.98 Å². The third-order valence-electron chi connectivity index (χ3n) is 12.1. The summed E-state index contributed by atoms with van der Waals surface area (Å²) in [6.07, 6.45) is 5.06. The summed E-state index contributed by atoms with van der Waals surface area (Å²) >= 11 is 0. The summed E-state index contributed by atoms with van der Waals surface area (Å²) in [6.45, 7) is 6.73. The smallest absolute Gasteiger partial charge is 0.301 e. The largest absolute Gasteiger partial charge is 3.00 e. The normalized spacial score (nSPS) is 13.0. The summed E-state index contributed by atoms with van der Waals surface area (Å²) in [7, 11) is 0. The van der Waals surface area contributed by atoms with E-state index in [1.165, 1.54) is 11.1 Å². The van der Waals surface area contributed by atoms with Crippen LogP contribution >= 0.6 is 0 Å². The average Bonchev–Trinajstić information content (AvgIpc) is 3.33. The van der Waals surface area contributed by atoms with Crippen molar-refractivity contribution in [1.82, 2.24) is 15.0 Å². The van der Waals surface area contributed by atoms with E-state index >= 15 is 0 Å². The van der Waals surface area contributed by atoms with E-state index in [0.29, 0.717) is 12.8 Å². The van der Waals surface area contributed by atoms with Crippen LogP contribution < -0.4 is 0 Å². The monoisotopic (exact) mass is 977 g/mol. The number of benzene rings is 6. The number of rotatable bonds is 12. The fraction of sp³-hybridized carbons (Fsp3) is 0.121. The third-order valence-corrected chi connectivity index (χ3v) is 12.1. The molecule has 0 amide bonds. The number of pyridine rings is 3. The molecule has 0 aliphatic heterocycles. The van der Waals surface area contributed by atoms with Crippen LogP contribution in [0, 0.1) is 25.1 Å². The minimum atomic E-state index is -0.506. The molecular weight excluding hydrogens is 931 g/mol. The number of aromatic nitrogens is 3. The zero-order valence-corrected chi connectivity index (χ0v) is 37.5. The SMILES string of the molecule is Cc1c(-c2ccccc2)cc(-c2[c-]c(CC(C)(c3[c-]ccc(-c4ccc(-c5ccccc5)cc4)c3)c3ccccn3)ccc2)nc1CC(C)(c1[c-]cccc1)c1ccccn1.[Ir+3]. The van der Waals surface area contributed by atoms with E-state index in [9.17, 15) is 0 Å². The Hall–Kier alpha value is -6.58. The van der Waals surface area contributed by atoms with Crippen LogP contribution in [0.3, 0.4) is 0 Å². The molecule has 3 aromatic heterocycles. The van der Waals surface area contributed by atoms with Crippen LogP contribution in [0.2, 0.25) is 0 Å². The first kappa shape index (κ1) is 42.1. The molecule has 0 radical (unpaired) electrons. The molecule has 2 atom stereocenters. The van der Waals surface area contributed by atoms with Gasteiger partial charge >= 0.3 is 20.1 Å². The minimum absolute atomic E-state index is 0. The van der Waals surface area contributed by atoms with E-state index in [1.54, 1.807) is 0 Å². The molecule has 0 bridgehead atoms. The van der Waals surface area contributed by atoms with Crippen LogP contribution in [-0.4, -0.2) is 15.0 Å². The first-order valence-electron chi connectivity index (χ1n) is 20.9. The summed E-state index contributed by atoms with van der Waals surface area (Å²) < 4.78 is 0. The molecule has 0 saturated carbocycles. The average molecular weight is 977 g/mol. The van der Waals surface area contributed by atoms with Gasteiger partial charge in [0.25, 0.3) is 0 Å². The van der Waals surface area contributed by atoms with Crippen molar-refractivity contribution in [2.45, 2.75) is 44.4 Å². The Bertz CT molecular complexity index is 2830. The van der Waals surface area contributed by atoms with Gasteiger partial charge in [0.1, 0.15) is 0 Å². The van der Waals surface area contributed by atoms with Gasteiger partial charge in [-0.25, -0.2) is 0 Å². The van der Waals surface area contributed by atoms with E-state index in [4.69, 9.17) is 15.0 Å². The zero-order valence-electron chi connectivity index (χ0n) is 35.1. The molecule has 0 saturated heterocycles. The van der Waals surface area contributed by atoms with Crippen LogP contribution in [0.15, 0.2) is 200 Å². The molecule has 0 aliphatic rings. The van der Waals surface area contributed by atoms with Crippen LogP contribution in [0.25, 0.3) is 44.6 Å². The van der Waals surface area contributed by atoms with Crippen LogP contribution in [0.1, 0.15) is 53.2 Å². The Morgan fingerprint density at radius 2 is 1.06 bits per heavy atom. The molecule has 2 unspecified atom stereocenters. The van der Waals surface area contributed by atoms with Gasteiger partial charge in [0.2, 0.25) is 0 Å². The van der Waals surface area contributed by atoms with Crippen molar-refractivity contribution in [1.29, 1.82) is 0 Å². The molecule has 6 aromatic carbocycles. The van der Waals surface area contributed by atoms with Crippen molar-refractivity contribution < 1.29 is 20.1 Å². The van der Waals surface area contributed by atoms with Gasteiger partial charge in [-0.1, -0.05) is 117 Å². The fourth-order valence-corrected chi connectivity index (χ4v) is 8.59. The summed E-state index contributed by atoms with van der Waals surface area (Å²) in [4.78, 5) is 15.3. The van der Waals surface area contributed by atoms with Gasteiger partial charge in [-0.15, -0.1) is 52.1 Å². The Morgan fingerprint density at radius 3 is 1.69 bits per heavy atom. The van der Waals surface area contributed by atoms with Crippen molar-refractivity contribution in [3.05, 3.63) is 258 Å². The molecular formula is C58H46IrN3. The maximum Gasteiger partial charge on any atom is 3.00 e. The second kappa shape index (κ2) is 18.6. The van der Waals surface area contributed by atoms with Gasteiger partial charge in [0, 0.05) is 46.7 Å². The standard InChI is InChI=1S/C58H46N3.Ir/c1-42-52(47-22-9-5-10-23-47)39-53(61-54(42)41-58(3,50-26-11-6-12-27-50)56-30-14-16-36-60-56)49-25-17-19-43(37-49)40-57(2,55-29-13-15-35-59-55)51-28-18-24-48(38-51)46-33-31-45(32-34-46)44-20-7-4-8-21-44;/h4-26,29-36,38-39H,40-41H2,1-3H3;/q-3;+3. The zero-order chi connectivity index (χ0) is 41.7. The van der Waals surface area contributed by atoms with Crippen LogP contribution in [0.5, 0.6) is 0 Å². The molecule has 302 valence electrons. The van der Waals surface area contributed by atoms with Gasteiger partial charge in [-0.05, 0) is 76.7 Å². The van der Waals surface area contributed by atoms with Gasteiger partial charge in [-0.2, -0.15) is 54.6 Å². The second-order valence-electron chi connectivity index (χ2n) is 16.2. The molecule has 4 heteroatoms. The number of hydrogen-bond donors (Lipinski definition) is 0. The molecule has 3 nitrogen and oxygen atoms in total. The maximum atomic E-state index is 5.50. The van der Waals surface area contributed by atoms with E-state index < -0.39 is 10.8 Å². The number of nitrogens with zero attached hydrogens (tertiary/aromatic N) is 3.